The Morgan fingerprint density at radius 3 is 2.33 bits per heavy atom. The first-order chi connectivity index (χ1) is 10.3. The molecule has 5 nitrogen and oxygen atoms in total. The highest BCUT2D eigenvalue weighted by Gasteiger charge is 2.16. The smallest absolute Gasteiger partial charge is 0.191 e. The lowest BCUT2D eigenvalue weighted by atomic mass is 9.96. The fraction of sp³-hybridized carbons (Fsp3) is 0.938. The predicted molar refractivity (Wildman–Crippen MR) is 89.9 cm³/mol. The molecule has 122 valence electrons. The van der Waals surface area contributed by atoms with Crippen molar-refractivity contribution in [3.8, 4) is 0 Å². The second kappa shape index (κ2) is 9.26. The first-order valence-electron chi connectivity index (χ1n) is 8.73. The van der Waals surface area contributed by atoms with E-state index in [1.807, 2.05) is 7.05 Å². The molecule has 1 heterocycles. The van der Waals surface area contributed by atoms with E-state index in [2.05, 4.69) is 32.3 Å². The lowest BCUT2D eigenvalue weighted by Crippen LogP contribution is -2.50. The Balaban J connectivity index is 1.60. The SMILES string of the molecule is CCN1CCN(CCNC(=NC)NC2CCCCC2)CC1. The van der Waals surface area contributed by atoms with Gasteiger partial charge in [-0.2, -0.15) is 0 Å². The van der Waals surface area contributed by atoms with Crippen LogP contribution in [0.2, 0.25) is 0 Å². The quantitative estimate of drug-likeness (QED) is 0.589. The largest absolute Gasteiger partial charge is 0.355 e. The summed E-state index contributed by atoms with van der Waals surface area (Å²) in [5, 5.41) is 7.04. The van der Waals surface area contributed by atoms with Gasteiger partial charge in [0.25, 0.3) is 0 Å². The van der Waals surface area contributed by atoms with Crippen molar-refractivity contribution in [2.24, 2.45) is 4.99 Å². The van der Waals surface area contributed by atoms with Crippen molar-refractivity contribution >= 4 is 5.96 Å². The van der Waals surface area contributed by atoms with Crippen LogP contribution in [0.25, 0.3) is 0 Å². The van der Waals surface area contributed by atoms with Gasteiger partial charge in [0, 0.05) is 52.4 Å². The van der Waals surface area contributed by atoms with Crippen molar-refractivity contribution in [3.63, 3.8) is 0 Å². The van der Waals surface area contributed by atoms with Gasteiger partial charge in [-0.3, -0.25) is 9.89 Å². The van der Waals surface area contributed by atoms with Gasteiger partial charge in [-0.15, -0.1) is 0 Å². The van der Waals surface area contributed by atoms with Gasteiger partial charge in [-0.1, -0.05) is 26.2 Å². The number of rotatable bonds is 5. The highest BCUT2D eigenvalue weighted by molar-refractivity contribution is 5.79. The minimum atomic E-state index is 0.623. The van der Waals surface area contributed by atoms with E-state index in [0.717, 1.165) is 19.0 Å². The molecule has 0 amide bonds. The first kappa shape index (κ1) is 16.6. The maximum atomic E-state index is 4.36. The van der Waals surface area contributed by atoms with Gasteiger partial charge < -0.3 is 15.5 Å². The molecule has 0 bridgehead atoms. The Morgan fingerprint density at radius 2 is 1.71 bits per heavy atom. The molecule has 2 fully saturated rings. The zero-order valence-corrected chi connectivity index (χ0v) is 13.9. The zero-order valence-electron chi connectivity index (χ0n) is 13.9. The van der Waals surface area contributed by atoms with E-state index in [9.17, 15) is 0 Å². The van der Waals surface area contributed by atoms with Gasteiger partial charge in [0.1, 0.15) is 0 Å². The van der Waals surface area contributed by atoms with E-state index in [1.54, 1.807) is 0 Å². The van der Waals surface area contributed by atoms with Crippen molar-refractivity contribution in [1.82, 2.24) is 20.4 Å². The third kappa shape index (κ3) is 5.83. The molecule has 2 aliphatic rings. The Bertz CT molecular complexity index is 304. The lowest BCUT2D eigenvalue weighted by molar-refractivity contribution is 0.139. The fourth-order valence-electron chi connectivity index (χ4n) is 3.30. The molecular formula is C16H33N5. The summed E-state index contributed by atoms with van der Waals surface area (Å²) >= 11 is 0. The normalized spacial score (nSPS) is 23.2. The van der Waals surface area contributed by atoms with Gasteiger partial charge in [0.15, 0.2) is 5.96 Å². The summed E-state index contributed by atoms with van der Waals surface area (Å²) < 4.78 is 0. The first-order valence-corrected chi connectivity index (χ1v) is 8.73. The molecule has 0 aromatic rings. The number of hydrogen-bond donors (Lipinski definition) is 2. The van der Waals surface area contributed by atoms with Gasteiger partial charge in [0.05, 0.1) is 0 Å². The van der Waals surface area contributed by atoms with Crippen molar-refractivity contribution in [2.45, 2.75) is 45.1 Å². The van der Waals surface area contributed by atoms with Gasteiger partial charge in [-0.05, 0) is 19.4 Å². The molecule has 0 aromatic carbocycles. The molecule has 1 aliphatic carbocycles. The summed E-state index contributed by atoms with van der Waals surface area (Å²) in [4.78, 5) is 9.43. The molecule has 0 radical (unpaired) electrons. The third-order valence-electron chi connectivity index (χ3n) is 4.80. The number of guanidine groups is 1. The second-order valence-corrected chi connectivity index (χ2v) is 6.25. The Labute approximate surface area is 130 Å². The molecule has 1 saturated carbocycles. The average molecular weight is 295 g/mol. The number of hydrogen-bond acceptors (Lipinski definition) is 3. The molecule has 2 rings (SSSR count). The van der Waals surface area contributed by atoms with Crippen molar-refractivity contribution < 1.29 is 0 Å². The van der Waals surface area contributed by atoms with E-state index in [1.165, 1.54) is 64.8 Å². The molecule has 0 aromatic heterocycles. The van der Waals surface area contributed by atoms with Crippen LogP contribution in [0.1, 0.15) is 39.0 Å². The Hall–Kier alpha value is -0.810. The van der Waals surface area contributed by atoms with Crippen molar-refractivity contribution in [1.29, 1.82) is 0 Å². The van der Waals surface area contributed by atoms with E-state index in [0.29, 0.717) is 6.04 Å². The summed E-state index contributed by atoms with van der Waals surface area (Å²) in [6.07, 6.45) is 6.69. The van der Waals surface area contributed by atoms with Gasteiger partial charge >= 0.3 is 0 Å². The van der Waals surface area contributed by atoms with Crippen molar-refractivity contribution in [3.05, 3.63) is 0 Å². The lowest BCUT2D eigenvalue weighted by Gasteiger charge is -2.34. The number of aliphatic imine (C=N–C) groups is 1. The van der Waals surface area contributed by atoms with Crippen LogP contribution in [0.3, 0.4) is 0 Å². The van der Waals surface area contributed by atoms with Crippen LogP contribution in [0, 0.1) is 0 Å². The van der Waals surface area contributed by atoms with Crippen LogP contribution in [0.15, 0.2) is 4.99 Å². The molecule has 21 heavy (non-hydrogen) atoms. The third-order valence-corrected chi connectivity index (χ3v) is 4.80. The summed E-state index contributed by atoms with van der Waals surface area (Å²) in [6.45, 7) is 10.4. The minimum absolute atomic E-state index is 0.623. The predicted octanol–water partition coefficient (Wildman–Crippen LogP) is 1.12. The maximum absolute atomic E-state index is 4.36. The second-order valence-electron chi connectivity index (χ2n) is 6.25. The Kier molecular flexibility index (Phi) is 7.30. The standard InChI is InChI=1S/C16H33N5/c1-3-20-11-13-21(14-12-20)10-9-18-16(17-2)19-15-7-5-4-6-8-15/h15H,3-14H2,1-2H3,(H2,17,18,19). The zero-order chi connectivity index (χ0) is 14.9. The van der Waals surface area contributed by atoms with Gasteiger partial charge in [-0.25, -0.2) is 0 Å². The van der Waals surface area contributed by atoms with Crippen LogP contribution >= 0.6 is 0 Å². The molecule has 2 N–H and O–H groups in total. The topological polar surface area (TPSA) is 42.9 Å². The van der Waals surface area contributed by atoms with Crippen LogP contribution in [-0.4, -0.2) is 74.7 Å². The highest BCUT2D eigenvalue weighted by Crippen LogP contribution is 2.17. The highest BCUT2D eigenvalue weighted by atomic mass is 15.3. The minimum Gasteiger partial charge on any atom is -0.355 e. The fourth-order valence-corrected chi connectivity index (χ4v) is 3.30. The molecule has 0 spiro atoms. The van der Waals surface area contributed by atoms with Crippen LogP contribution in [0.5, 0.6) is 0 Å². The van der Waals surface area contributed by atoms with E-state index in [4.69, 9.17) is 0 Å². The average Bonchev–Trinajstić information content (AvgIpc) is 2.55. The maximum Gasteiger partial charge on any atom is 0.191 e. The van der Waals surface area contributed by atoms with E-state index in [-0.39, 0.29) is 0 Å². The van der Waals surface area contributed by atoms with E-state index < -0.39 is 0 Å². The van der Waals surface area contributed by atoms with Crippen molar-refractivity contribution in [2.75, 3.05) is 52.9 Å². The van der Waals surface area contributed by atoms with E-state index >= 15 is 0 Å². The summed E-state index contributed by atoms with van der Waals surface area (Å²) in [7, 11) is 1.87. The summed E-state index contributed by atoms with van der Waals surface area (Å²) in [6, 6.07) is 0.623. The number of piperazine rings is 1. The molecule has 0 unspecified atom stereocenters. The molecular weight excluding hydrogens is 262 g/mol. The Morgan fingerprint density at radius 1 is 1.05 bits per heavy atom. The van der Waals surface area contributed by atoms with Crippen LogP contribution < -0.4 is 10.6 Å². The summed E-state index contributed by atoms with van der Waals surface area (Å²) in [5.41, 5.74) is 0. The molecule has 1 aliphatic heterocycles. The monoisotopic (exact) mass is 295 g/mol. The summed E-state index contributed by atoms with van der Waals surface area (Å²) in [5.74, 6) is 0.981. The number of nitrogens with one attached hydrogen (secondary N) is 2. The van der Waals surface area contributed by atoms with Gasteiger partial charge in [0.2, 0.25) is 0 Å². The van der Waals surface area contributed by atoms with Crippen LogP contribution in [0.4, 0.5) is 0 Å². The van der Waals surface area contributed by atoms with Crippen LogP contribution in [-0.2, 0) is 0 Å². The molecule has 5 heteroatoms. The molecule has 0 atom stereocenters. The number of nitrogens with zero attached hydrogens (tertiary/aromatic N) is 3. The number of likely N-dealkylation sites (N-methyl/N-ethyl adjacent to an activating group) is 1. The molecule has 1 saturated heterocycles.